The van der Waals surface area contributed by atoms with E-state index < -0.39 is 11.2 Å². The summed E-state index contributed by atoms with van der Waals surface area (Å²) in [6.07, 6.45) is 4.04. The number of imidazole rings is 1. The van der Waals surface area contributed by atoms with Crippen LogP contribution < -0.4 is 16.1 Å². The smallest absolute Gasteiger partial charge is 0.329 e. The maximum Gasteiger partial charge on any atom is 0.329 e. The van der Waals surface area contributed by atoms with Crippen LogP contribution in [0.5, 0.6) is 0 Å². The Balaban J connectivity index is 1.78. The molecule has 1 saturated heterocycles. The minimum atomic E-state index is -0.452. The highest BCUT2D eigenvalue weighted by molar-refractivity contribution is 5.74. The van der Waals surface area contributed by atoms with Gasteiger partial charge in [0.1, 0.15) is 0 Å². The zero-order chi connectivity index (χ0) is 19.7. The molecule has 146 valence electrons. The molecule has 0 spiro atoms. The largest absolute Gasteiger partial charge is 0.340 e. The van der Waals surface area contributed by atoms with Gasteiger partial charge in [-0.05, 0) is 12.6 Å². The lowest BCUT2D eigenvalue weighted by Crippen LogP contribution is -2.45. The number of allylic oxidation sites excluding steroid dienone is 1. The fourth-order valence-corrected chi connectivity index (χ4v) is 3.50. The first kappa shape index (κ1) is 18.2. The van der Waals surface area contributed by atoms with Gasteiger partial charge in [0.15, 0.2) is 11.2 Å². The summed E-state index contributed by atoms with van der Waals surface area (Å²) in [7, 11) is 3.73. The van der Waals surface area contributed by atoms with Gasteiger partial charge in [0.05, 0.1) is 0 Å². The molecule has 1 aliphatic heterocycles. The maximum absolute atomic E-state index is 12.6. The van der Waals surface area contributed by atoms with Crippen LogP contribution in [0.1, 0.15) is 5.56 Å². The number of anilines is 1. The standard InChI is InChI=1S/C20H24N6O2/c1-23-11-13-25(14-12-23)19-21-17-16(18(27)22-20(28)24(17)2)26(19)10-6-9-15-7-4-3-5-8-15/h3-9H,10-14H2,1-2H3,(H,22,27,28). The Morgan fingerprint density at radius 2 is 1.79 bits per heavy atom. The van der Waals surface area contributed by atoms with Gasteiger partial charge in [0.2, 0.25) is 5.95 Å². The summed E-state index contributed by atoms with van der Waals surface area (Å²) >= 11 is 0. The SMILES string of the molecule is CN1CCN(c2nc3c(c(=O)[nH]c(=O)n3C)n2CC=Cc2ccccc2)CC1. The number of hydrogen-bond acceptors (Lipinski definition) is 5. The minimum Gasteiger partial charge on any atom is -0.340 e. The molecule has 0 unspecified atom stereocenters. The number of H-pyrrole nitrogens is 1. The van der Waals surface area contributed by atoms with Gasteiger partial charge in [0.25, 0.3) is 5.56 Å². The molecule has 0 atom stereocenters. The molecule has 1 N–H and O–H groups in total. The van der Waals surface area contributed by atoms with Gasteiger partial charge >= 0.3 is 5.69 Å². The Kier molecular flexibility index (Phi) is 4.87. The van der Waals surface area contributed by atoms with Crippen LogP contribution in [0.25, 0.3) is 17.2 Å². The molecule has 4 rings (SSSR count). The van der Waals surface area contributed by atoms with Crippen LogP contribution in [-0.2, 0) is 13.6 Å². The van der Waals surface area contributed by atoms with Crippen molar-refractivity contribution in [1.29, 1.82) is 0 Å². The van der Waals surface area contributed by atoms with Crippen molar-refractivity contribution in [2.45, 2.75) is 6.54 Å². The van der Waals surface area contributed by atoms with Crippen molar-refractivity contribution < 1.29 is 0 Å². The van der Waals surface area contributed by atoms with Gasteiger partial charge in [-0.1, -0.05) is 42.5 Å². The zero-order valence-corrected chi connectivity index (χ0v) is 16.1. The summed E-state index contributed by atoms with van der Waals surface area (Å²) in [5, 5.41) is 0. The van der Waals surface area contributed by atoms with Crippen LogP contribution in [0.4, 0.5) is 5.95 Å². The summed E-state index contributed by atoms with van der Waals surface area (Å²) in [6, 6.07) is 10.0. The number of aryl methyl sites for hydroxylation is 1. The van der Waals surface area contributed by atoms with Gasteiger partial charge in [-0.25, -0.2) is 4.79 Å². The molecule has 2 aromatic heterocycles. The quantitative estimate of drug-likeness (QED) is 0.727. The number of hydrogen-bond donors (Lipinski definition) is 1. The molecule has 3 aromatic rings. The number of nitrogens with zero attached hydrogens (tertiary/aromatic N) is 5. The lowest BCUT2D eigenvalue weighted by Gasteiger charge is -2.33. The average Bonchev–Trinajstić information content (AvgIpc) is 3.08. The average molecular weight is 380 g/mol. The number of nitrogens with one attached hydrogen (secondary N) is 1. The van der Waals surface area contributed by atoms with Crippen molar-refractivity contribution in [3.05, 3.63) is 62.8 Å². The zero-order valence-electron chi connectivity index (χ0n) is 16.1. The van der Waals surface area contributed by atoms with Gasteiger partial charge in [-0.15, -0.1) is 0 Å². The molecule has 0 radical (unpaired) electrons. The molecule has 0 saturated carbocycles. The lowest BCUT2D eigenvalue weighted by atomic mass is 10.2. The van der Waals surface area contributed by atoms with E-state index in [2.05, 4.69) is 26.8 Å². The van der Waals surface area contributed by atoms with E-state index in [1.54, 1.807) is 7.05 Å². The van der Waals surface area contributed by atoms with Crippen molar-refractivity contribution >= 4 is 23.2 Å². The van der Waals surface area contributed by atoms with Crippen LogP contribution in [0, 0.1) is 0 Å². The molecule has 1 aliphatic rings. The Morgan fingerprint density at radius 3 is 2.50 bits per heavy atom. The topological polar surface area (TPSA) is 79.2 Å². The van der Waals surface area contributed by atoms with E-state index >= 15 is 0 Å². The van der Waals surface area contributed by atoms with Crippen LogP contribution in [-0.4, -0.2) is 57.2 Å². The molecule has 8 nitrogen and oxygen atoms in total. The number of likely N-dealkylation sites (N-methyl/N-ethyl adjacent to an activating group) is 1. The Morgan fingerprint density at radius 1 is 1.07 bits per heavy atom. The first-order valence-corrected chi connectivity index (χ1v) is 9.39. The van der Waals surface area contributed by atoms with Crippen LogP contribution in [0.3, 0.4) is 0 Å². The van der Waals surface area contributed by atoms with Gasteiger partial charge in [-0.2, -0.15) is 4.98 Å². The number of rotatable bonds is 4. The summed E-state index contributed by atoms with van der Waals surface area (Å²) in [6.45, 7) is 4.01. The number of benzene rings is 1. The molecule has 28 heavy (non-hydrogen) atoms. The Bertz CT molecular complexity index is 1120. The summed E-state index contributed by atoms with van der Waals surface area (Å²) in [5.41, 5.74) is 1.07. The number of fused-ring (bicyclic) bond motifs is 1. The second kappa shape index (κ2) is 7.47. The van der Waals surface area contributed by atoms with Gasteiger partial charge in [-0.3, -0.25) is 14.3 Å². The third-order valence-electron chi connectivity index (χ3n) is 5.17. The molecular weight excluding hydrogens is 356 g/mol. The lowest BCUT2D eigenvalue weighted by molar-refractivity contribution is 0.310. The van der Waals surface area contributed by atoms with Crippen molar-refractivity contribution in [2.75, 3.05) is 38.1 Å². The first-order chi connectivity index (χ1) is 13.5. The normalized spacial score (nSPS) is 15.7. The summed E-state index contributed by atoms with van der Waals surface area (Å²) in [5.74, 6) is 0.729. The Hall–Kier alpha value is -3.13. The van der Waals surface area contributed by atoms with Crippen molar-refractivity contribution in [3.8, 4) is 0 Å². The molecule has 3 heterocycles. The highest BCUT2D eigenvalue weighted by atomic mass is 16.2. The van der Waals surface area contributed by atoms with Crippen LogP contribution >= 0.6 is 0 Å². The second-order valence-corrected chi connectivity index (χ2v) is 7.12. The van der Waals surface area contributed by atoms with E-state index in [0.29, 0.717) is 17.7 Å². The fraction of sp³-hybridized carbons (Fsp3) is 0.350. The third-order valence-corrected chi connectivity index (χ3v) is 5.17. The van der Waals surface area contributed by atoms with Crippen LogP contribution in [0.2, 0.25) is 0 Å². The predicted octanol–water partition coefficient (Wildman–Crippen LogP) is 0.888. The van der Waals surface area contributed by atoms with Crippen LogP contribution in [0.15, 0.2) is 46.0 Å². The predicted molar refractivity (Wildman–Crippen MR) is 111 cm³/mol. The van der Waals surface area contributed by atoms with Crippen molar-refractivity contribution in [1.82, 2.24) is 24.0 Å². The Labute approximate surface area is 162 Å². The maximum atomic E-state index is 12.6. The molecule has 0 amide bonds. The van der Waals surface area contributed by atoms with E-state index in [0.717, 1.165) is 37.7 Å². The van der Waals surface area contributed by atoms with E-state index in [9.17, 15) is 9.59 Å². The first-order valence-electron chi connectivity index (χ1n) is 9.39. The summed E-state index contributed by atoms with van der Waals surface area (Å²) in [4.78, 5) is 36.1. The number of aromatic nitrogens is 4. The molecule has 8 heteroatoms. The monoisotopic (exact) mass is 380 g/mol. The van der Waals surface area contributed by atoms with Crippen molar-refractivity contribution in [2.24, 2.45) is 7.05 Å². The molecule has 1 aromatic carbocycles. The van der Waals surface area contributed by atoms with Crippen molar-refractivity contribution in [3.63, 3.8) is 0 Å². The highest BCUT2D eigenvalue weighted by Gasteiger charge is 2.23. The van der Waals surface area contributed by atoms with Gasteiger partial charge < -0.3 is 14.4 Å². The molecular formula is C20H24N6O2. The van der Waals surface area contributed by atoms with E-state index in [1.165, 1.54) is 4.57 Å². The summed E-state index contributed by atoms with van der Waals surface area (Å²) < 4.78 is 3.30. The highest BCUT2D eigenvalue weighted by Crippen LogP contribution is 2.21. The second-order valence-electron chi connectivity index (χ2n) is 7.12. The third kappa shape index (κ3) is 3.38. The van der Waals surface area contributed by atoms with E-state index in [1.807, 2.05) is 47.1 Å². The fourth-order valence-electron chi connectivity index (χ4n) is 3.50. The van der Waals surface area contributed by atoms with E-state index in [4.69, 9.17) is 0 Å². The minimum absolute atomic E-state index is 0.404. The molecule has 0 aliphatic carbocycles. The van der Waals surface area contributed by atoms with E-state index in [-0.39, 0.29) is 0 Å². The molecule has 0 bridgehead atoms. The number of aromatic amines is 1. The van der Waals surface area contributed by atoms with Gasteiger partial charge in [0, 0.05) is 39.8 Å². The molecule has 1 fully saturated rings. The number of piperazine rings is 1.